The average Bonchev–Trinajstić information content (AvgIpc) is 2.56. The van der Waals surface area contributed by atoms with Gasteiger partial charge in [0.05, 0.1) is 11.8 Å². The molecule has 2 rings (SSSR count). The summed E-state index contributed by atoms with van der Waals surface area (Å²) in [6, 6.07) is 10.1. The van der Waals surface area contributed by atoms with Crippen LogP contribution in [0.3, 0.4) is 0 Å². The maximum atomic E-state index is 12.4. The quantitative estimate of drug-likeness (QED) is 0.848. The van der Waals surface area contributed by atoms with Crippen molar-refractivity contribution in [3.8, 4) is 0 Å². The number of hydrogen-bond acceptors (Lipinski definition) is 2. The second-order valence-corrected chi connectivity index (χ2v) is 6.10. The molecule has 1 aromatic carbocycles. The largest absolute Gasteiger partial charge is 0.481 e. The molecule has 0 spiro atoms. The lowest BCUT2D eigenvalue weighted by Crippen LogP contribution is -2.41. The summed E-state index contributed by atoms with van der Waals surface area (Å²) in [6.45, 7) is 2.67. The normalized spacial score (nSPS) is 22.8. The minimum Gasteiger partial charge on any atom is -0.481 e. The zero-order chi connectivity index (χ0) is 15.9. The second-order valence-electron chi connectivity index (χ2n) is 6.10. The zero-order valence-corrected chi connectivity index (χ0v) is 13.1. The topological polar surface area (TPSA) is 66.4 Å². The Morgan fingerprint density at radius 1 is 1.18 bits per heavy atom. The van der Waals surface area contributed by atoms with Crippen LogP contribution in [0.1, 0.15) is 50.5 Å². The number of carbonyl (C=O) groups excluding carboxylic acids is 1. The van der Waals surface area contributed by atoms with Crippen LogP contribution in [0, 0.1) is 11.8 Å². The van der Waals surface area contributed by atoms with Crippen LogP contribution < -0.4 is 5.32 Å². The maximum Gasteiger partial charge on any atom is 0.307 e. The molecule has 0 saturated heterocycles. The predicted octanol–water partition coefficient (Wildman–Crippen LogP) is 3.19. The molecule has 0 radical (unpaired) electrons. The lowest BCUT2D eigenvalue weighted by atomic mass is 9.78. The van der Waals surface area contributed by atoms with E-state index in [1.165, 1.54) is 5.56 Å². The molecule has 1 fully saturated rings. The number of hydrogen-bond donors (Lipinski definition) is 2. The van der Waals surface area contributed by atoms with E-state index >= 15 is 0 Å². The van der Waals surface area contributed by atoms with E-state index < -0.39 is 11.9 Å². The molecule has 3 atom stereocenters. The minimum atomic E-state index is -0.838. The van der Waals surface area contributed by atoms with Gasteiger partial charge >= 0.3 is 5.97 Å². The van der Waals surface area contributed by atoms with E-state index in [1.54, 1.807) is 0 Å². The molecule has 0 heterocycles. The predicted molar refractivity (Wildman–Crippen MR) is 85.6 cm³/mol. The lowest BCUT2D eigenvalue weighted by molar-refractivity contribution is -0.148. The number of aliphatic carboxylic acids is 1. The average molecular weight is 303 g/mol. The summed E-state index contributed by atoms with van der Waals surface area (Å²) < 4.78 is 0. The highest BCUT2D eigenvalue weighted by Crippen LogP contribution is 2.30. The van der Waals surface area contributed by atoms with Gasteiger partial charge in [0.25, 0.3) is 0 Å². The Morgan fingerprint density at radius 3 is 2.41 bits per heavy atom. The minimum absolute atomic E-state index is 0.0959. The summed E-state index contributed by atoms with van der Waals surface area (Å²) in [5, 5.41) is 12.3. The Labute approximate surface area is 131 Å². The maximum absolute atomic E-state index is 12.4. The van der Waals surface area contributed by atoms with Crippen molar-refractivity contribution in [3.63, 3.8) is 0 Å². The highest BCUT2D eigenvalue weighted by atomic mass is 16.4. The molecule has 4 nitrogen and oxygen atoms in total. The van der Waals surface area contributed by atoms with Crippen LogP contribution >= 0.6 is 0 Å². The van der Waals surface area contributed by atoms with Crippen LogP contribution in [0.4, 0.5) is 0 Å². The number of amides is 1. The van der Waals surface area contributed by atoms with Gasteiger partial charge in [-0.25, -0.2) is 0 Å². The molecule has 1 aromatic rings. The van der Waals surface area contributed by atoms with Gasteiger partial charge in [-0.1, -0.05) is 50.1 Å². The van der Waals surface area contributed by atoms with Crippen LogP contribution in [0.2, 0.25) is 0 Å². The monoisotopic (exact) mass is 303 g/mol. The third-order valence-electron chi connectivity index (χ3n) is 4.71. The van der Waals surface area contributed by atoms with Crippen molar-refractivity contribution >= 4 is 11.9 Å². The number of carboxylic acids is 1. The van der Waals surface area contributed by atoms with Crippen LogP contribution in [-0.2, 0) is 9.59 Å². The Kier molecular flexibility index (Phi) is 5.99. The van der Waals surface area contributed by atoms with Gasteiger partial charge in [-0.3, -0.25) is 9.59 Å². The Hall–Kier alpha value is -1.84. The molecule has 0 bridgehead atoms. The third-order valence-corrected chi connectivity index (χ3v) is 4.71. The molecule has 22 heavy (non-hydrogen) atoms. The molecular weight excluding hydrogens is 278 g/mol. The van der Waals surface area contributed by atoms with Crippen molar-refractivity contribution < 1.29 is 14.7 Å². The second kappa shape index (κ2) is 7.97. The van der Waals surface area contributed by atoms with Crippen molar-refractivity contribution in [1.29, 1.82) is 0 Å². The molecule has 3 unspecified atom stereocenters. The molecule has 120 valence electrons. The Bertz CT molecular complexity index is 500. The van der Waals surface area contributed by atoms with Gasteiger partial charge in [-0.2, -0.15) is 0 Å². The van der Waals surface area contributed by atoms with E-state index in [4.69, 9.17) is 0 Å². The number of carbonyl (C=O) groups is 2. The Balaban J connectivity index is 1.94. The van der Waals surface area contributed by atoms with E-state index in [-0.39, 0.29) is 17.7 Å². The fourth-order valence-electron chi connectivity index (χ4n) is 3.32. The van der Waals surface area contributed by atoms with Gasteiger partial charge in [-0.05, 0) is 24.8 Å². The van der Waals surface area contributed by atoms with Crippen molar-refractivity contribution in [2.24, 2.45) is 11.8 Å². The van der Waals surface area contributed by atoms with E-state index in [2.05, 4.69) is 24.4 Å². The smallest absolute Gasteiger partial charge is 0.307 e. The van der Waals surface area contributed by atoms with Gasteiger partial charge in [0.1, 0.15) is 0 Å². The lowest BCUT2D eigenvalue weighted by Gasteiger charge is -2.28. The summed E-state index contributed by atoms with van der Waals surface area (Å²) >= 11 is 0. The molecule has 1 aliphatic rings. The number of benzene rings is 1. The first kappa shape index (κ1) is 16.5. The van der Waals surface area contributed by atoms with Gasteiger partial charge in [0.2, 0.25) is 5.91 Å². The molecule has 4 heteroatoms. The van der Waals surface area contributed by atoms with Gasteiger partial charge in [0, 0.05) is 12.5 Å². The van der Waals surface area contributed by atoms with Crippen molar-refractivity contribution in [2.45, 2.75) is 44.9 Å². The molecule has 1 aliphatic carbocycles. The SMILES string of the molecule is CCC(CNC(=O)C1CCCCC1C(=O)O)c1ccccc1. The summed E-state index contributed by atoms with van der Waals surface area (Å²) in [5.74, 6) is -1.56. The fraction of sp³-hybridized carbons (Fsp3) is 0.556. The van der Waals surface area contributed by atoms with E-state index in [1.807, 2.05) is 18.2 Å². The fourth-order valence-corrected chi connectivity index (χ4v) is 3.32. The summed E-state index contributed by atoms with van der Waals surface area (Å²) in [4.78, 5) is 23.7. The summed E-state index contributed by atoms with van der Waals surface area (Å²) in [5.41, 5.74) is 1.21. The van der Waals surface area contributed by atoms with Crippen LogP contribution in [-0.4, -0.2) is 23.5 Å². The molecular formula is C18H25NO3. The summed E-state index contributed by atoms with van der Waals surface area (Å²) in [7, 11) is 0. The number of nitrogens with one attached hydrogen (secondary N) is 1. The van der Waals surface area contributed by atoms with Crippen LogP contribution in [0.25, 0.3) is 0 Å². The van der Waals surface area contributed by atoms with Crippen molar-refractivity contribution in [3.05, 3.63) is 35.9 Å². The van der Waals surface area contributed by atoms with E-state index in [9.17, 15) is 14.7 Å². The first-order chi connectivity index (χ1) is 10.6. The van der Waals surface area contributed by atoms with E-state index in [0.29, 0.717) is 19.4 Å². The highest BCUT2D eigenvalue weighted by Gasteiger charge is 2.35. The van der Waals surface area contributed by atoms with Gasteiger partial charge < -0.3 is 10.4 Å². The summed E-state index contributed by atoms with van der Waals surface area (Å²) in [6.07, 6.45) is 4.09. The van der Waals surface area contributed by atoms with Gasteiger partial charge in [-0.15, -0.1) is 0 Å². The van der Waals surface area contributed by atoms with Crippen LogP contribution in [0.15, 0.2) is 30.3 Å². The molecule has 1 saturated carbocycles. The molecule has 1 amide bonds. The van der Waals surface area contributed by atoms with Crippen LogP contribution in [0.5, 0.6) is 0 Å². The zero-order valence-electron chi connectivity index (χ0n) is 13.1. The first-order valence-electron chi connectivity index (χ1n) is 8.19. The first-order valence-corrected chi connectivity index (χ1v) is 8.19. The molecule has 0 aromatic heterocycles. The van der Waals surface area contributed by atoms with Gasteiger partial charge in [0.15, 0.2) is 0 Å². The number of carboxylic acid groups (broad SMARTS) is 1. The molecule has 2 N–H and O–H groups in total. The van der Waals surface area contributed by atoms with Crippen molar-refractivity contribution in [2.75, 3.05) is 6.54 Å². The molecule has 0 aliphatic heterocycles. The standard InChI is InChI=1S/C18H25NO3/c1-2-13(14-8-4-3-5-9-14)12-19-17(20)15-10-6-7-11-16(15)18(21)22/h3-5,8-9,13,15-16H,2,6-7,10-12H2,1H3,(H,19,20)(H,21,22). The highest BCUT2D eigenvalue weighted by molar-refractivity contribution is 5.84. The van der Waals surface area contributed by atoms with Crippen molar-refractivity contribution in [1.82, 2.24) is 5.32 Å². The Morgan fingerprint density at radius 2 is 1.82 bits per heavy atom. The van der Waals surface area contributed by atoms with E-state index in [0.717, 1.165) is 19.3 Å². The third kappa shape index (κ3) is 4.09. The number of rotatable bonds is 6.